The van der Waals surface area contributed by atoms with Gasteiger partial charge in [0, 0.05) is 0 Å². The number of nitrogens with one attached hydrogen (secondary N) is 2. The fraction of sp³-hybridized carbons (Fsp3) is 0.125. The largest absolute Gasteiger partial charge is 0.324 e. The van der Waals surface area contributed by atoms with Crippen LogP contribution in [0.1, 0.15) is 5.56 Å². The van der Waals surface area contributed by atoms with Gasteiger partial charge in [0.15, 0.2) is 0 Å². The molecule has 7 heteroatoms. The standard InChI is InChI=1S/C16H15F2N3O2/c17-11-3-1-10(2-4-11)7-15(22)20-13-6-5-12(18)8-14(13)21-16(23)9-19/h1-6,8H,7,9,19H2,(H,20,22)(H,21,23). The van der Waals surface area contributed by atoms with E-state index in [2.05, 4.69) is 10.6 Å². The maximum absolute atomic E-state index is 13.3. The molecule has 0 bridgehead atoms. The number of hydrogen-bond acceptors (Lipinski definition) is 3. The van der Waals surface area contributed by atoms with Crippen LogP contribution in [0.2, 0.25) is 0 Å². The molecule has 2 aromatic carbocycles. The Morgan fingerprint density at radius 1 is 0.870 bits per heavy atom. The number of hydrogen-bond donors (Lipinski definition) is 3. The average Bonchev–Trinajstić information content (AvgIpc) is 2.52. The molecule has 0 spiro atoms. The molecule has 2 aromatic rings. The monoisotopic (exact) mass is 319 g/mol. The highest BCUT2D eigenvalue weighted by Crippen LogP contribution is 2.23. The van der Waals surface area contributed by atoms with E-state index in [1.807, 2.05) is 0 Å². The lowest BCUT2D eigenvalue weighted by atomic mass is 10.1. The summed E-state index contributed by atoms with van der Waals surface area (Å²) in [4.78, 5) is 23.4. The molecule has 0 aliphatic carbocycles. The maximum atomic E-state index is 13.3. The first-order valence-electron chi connectivity index (χ1n) is 6.81. The van der Waals surface area contributed by atoms with E-state index >= 15 is 0 Å². The van der Waals surface area contributed by atoms with Gasteiger partial charge < -0.3 is 16.4 Å². The first kappa shape index (κ1) is 16.6. The molecule has 0 aliphatic heterocycles. The lowest BCUT2D eigenvalue weighted by Crippen LogP contribution is -2.23. The van der Waals surface area contributed by atoms with Crippen LogP contribution < -0.4 is 16.4 Å². The molecular formula is C16H15F2N3O2. The summed E-state index contributed by atoms with van der Waals surface area (Å²) in [5, 5.41) is 4.98. The summed E-state index contributed by atoms with van der Waals surface area (Å²) >= 11 is 0. The van der Waals surface area contributed by atoms with Crippen molar-refractivity contribution >= 4 is 23.2 Å². The van der Waals surface area contributed by atoms with Crippen LogP contribution in [0, 0.1) is 11.6 Å². The predicted molar refractivity (Wildman–Crippen MR) is 82.8 cm³/mol. The van der Waals surface area contributed by atoms with Crippen molar-refractivity contribution in [3.8, 4) is 0 Å². The smallest absolute Gasteiger partial charge is 0.238 e. The minimum Gasteiger partial charge on any atom is -0.324 e. The van der Waals surface area contributed by atoms with Gasteiger partial charge in [-0.2, -0.15) is 0 Å². The van der Waals surface area contributed by atoms with Gasteiger partial charge in [-0.1, -0.05) is 12.1 Å². The van der Waals surface area contributed by atoms with Gasteiger partial charge in [-0.3, -0.25) is 9.59 Å². The molecule has 5 nitrogen and oxygen atoms in total. The van der Waals surface area contributed by atoms with Crippen LogP contribution in [0.25, 0.3) is 0 Å². The van der Waals surface area contributed by atoms with Crippen molar-refractivity contribution < 1.29 is 18.4 Å². The Kier molecular flexibility index (Phi) is 5.37. The molecular weight excluding hydrogens is 304 g/mol. The van der Waals surface area contributed by atoms with Gasteiger partial charge in [-0.05, 0) is 35.9 Å². The molecule has 0 saturated carbocycles. The fourth-order valence-corrected chi connectivity index (χ4v) is 1.91. The van der Waals surface area contributed by atoms with Crippen molar-refractivity contribution in [2.75, 3.05) is 17.2 Å². The molecule has 0 aromatic heterocycles. The highest BCUT2D eigenvalue weighted by atomic mass is 19.1. The highest BCUT2D eigenvalue weighted by molar-refractivity contribution is 6.00. The van der Waals surface area contributed by atoms with E-state index in [4.69, 9.17) is 5.73 Å². The topological polar surface area (TPSA) is 84.2 Å². The SMILES string of the molecule is NCC(=O)Nc1cc(F)ccc1NC(=O)Cc1ccc(F)cc1. The lowest BCUT2D eigenvalue weighted by Gasteiger charge is -2.12. The van der Waals surface area contributed by atoms with Crippen LogP contribution in [0.5, 0.6) is 0 Å². The van der Waals surface area contributed by atoms with Gasteiger partial charge in [-0.15, -0.1) is 0 Å². The fourth-order valence-electron chi connectivity index (χ4n) is 1.91. The molecule has 23 heavy (non-hydrogen) atoms. The van der Waals surface area contributed by atoms with Crippen molar-refractivity contribution in [2.45, 2.75) is 6.42 Å². The number of halogens is 2. The average molecular weight is 319 g/mol. The molecule has 4 N–H and O–H groups in total. The van der Waals surface area contributed by atoms with Crippen LogP contribution in [-0.4, -0.2) is 18.4 Å². The van der Waals surface area contributed by atoms with Crippen molar-refractivity contribution in [1.29, 1.82) is 0 Å². The summed E-state index contributed by atoms with van der Waals surface area (Å²) in [6, 6.07) is 9.09. The van der Waals surface area contributed by atoms with Crippen molar-refractivity contribution in [3.63, 3.8) is 0 Å². The Balaban J connectivity index is 2.10. The van der Waals surface area contributed by atoms with E-state index < -0.39 is 11.7 Å². The van der Waals surface area contributed by atoms with Crippen molar-refractivity contribution in [3.05, 3.63) is 59.7 Å². The van der Waals surface area contributed by atoms with Crippen LogP contribution in [0.15, 0.2) is 42.5 Å². The zero-order valence-corrected chi connectivity index (χ0v) is 12.1. The molecule has 0 aliphatic rings. The number of carbonyl (C=O) groups excluding carboxylic acids is 2. The third-order valence-corrected chi connectivity index (χ3v) is 2.99. The zero-order valence-electron chi connectivity index (χ0n) is 12.1. The lowest BCUT2D eigenvalue weighted by molar-refractivity contribution is -0.116. The van der Waals surface area contributed by atoms with E-state index in [1.54, 1.807) is 0 Å². The summed E-state index contributed by atoms with van der Waals surface area (Å²) in [7, 11) is 0. The van der Waals surface area contributed by atoms with Crippen molar-refractivity contribution in [2.24, 2.45) is 5.73 Å². The number of benzene rings is 2. The summed E-state index contributed by atoms with van der Waals surface area (Å²) in [6.45, 7) is -0.264. The van der Waals surface area contributed by atoms with E-state index in [0.717, 1.165) is 12.1 Å². The Hall–Kier alpha value is -2.80. The summed E-state index contributed by atoms with van der Waals surface area (Å²) < 4.78 is 26.1. The predicted octanol–water partition coefficient (Wildman–Crippen LogP) is 2.04. The zero-order chi connectivity index (χ0) is 16.8. The van der Waals surface area contributed by atoms with Gasteiger partial charge in [0.05, 0.1) is 24.3 Å². The summed E-state index contributed by atoms with van der Waals surface area (Å²) in [5.41, 5.74) is 6.19. The second-order valence-corrected chi connectivity index (χ2v) is 4.79. The minimum atomic E-state index is -0.561. The highest BCUT2D eigenvalue weighted by Gasteiger charge is 2.11. The van der Waals surface area contributed by atoms with E-state index in [0.29, 0.717) is 5.56 Å². The molecule has 0 radical (unpaired) electrons. The first-order valence-corrected chi connectivity index (χ1v) is 6.81. The van der Waals surface area contributed by atoms with Gasteiger partial charge in [-0.25, -0.2) is 8.78 Å². The van der Waals surface area contributed by atoms with Gasteiger partial charge in [0.1, 0.15) is 11.6 Å². The number of anilines is 2. The number of carbonyl (C=O) groups is 2. The molecule has 0 saturated heterocycles. The summed E-state index contributed by atoms with van der Waals surface area (Å²) in [5.74, 6) is -1.84. The van der Waals surface area contributed by atoms with E-state index in [9.17, 15) is 18.4 Å². The van der Waals surface area contributed by atoms with Gasteiger partial charge in [0.2, 0.25) is 11.8 Å². The number of rotatable bonds is 5. The van der Waals surface area contributed by atoms with Crippen molar-refractivity contribution in [1.82, 2.24) is 0 Å². The van der Waals surface area contributed by atoms with Crippen LogP contribution in [-0.2, 0) is 16.0 Å². The minimum absolute atomic E-state index is 0.0158. The molecule has 120 valence electrons. The molecule has 2 amide bonds. The van der Waals surface area contributed by atoms with Crippen LogP contribution in [0.4, 0.5) is 20.2 Å². The molecule has 0 heterocycles. The molecule has 0 unspecified atom stereocenters. The Bertz CT molecular complexity index is 718. The Morgan fingerprint density at radius 3 is 2.13 bits per heavy atom. The Labute approximate surface area is 131 Å². The van der Waals surface area contributed by atoms with E-state index in [-0.39, 0.29) is 36.1 Å². The maximum Gasteiger partial charge on any atom is 0.238 e. The third-order valence-electron chi connectivity index (χ3n) is 2.99. The Morgan fingerprint density at radius 2 is 1.48 bits per heavy atom. The van der Waals surface area contributed by atoms with Crippen LogP contribution >= 0.6 is 0 Å². The first-order chi connectivity index (χ1) is 11.0. The number of amides is 2. The van der Waals surface area contributed by atoms with Crippen LogP contribution in [0.3, 0.4) is 0 Å². The molecule has 0 fully saturated rings. The molecule has 0 atom stereocenters. The number of nitrogens with two attached hydrogens (primary N) is 1. The third kappa shape index (κ3) is 4.86. The quantitative estimate of drug-likeness (QED) is 0.788. The van der Waals surface area contributed by atoms with E-state index in [1.165, 1.54) is 30.3 Å². The summed E-state index contributed by atoms with van der Waals surface area (Å²) in [6.07, 6.45) is 0.0158. The molecule has 2 rings (SSSR count). The van der Waals surface area contributed by atoms with Gasteiger partial charge >= 0.3 is 0 Å². The normalized spacial score (nSPS) is 10.2. The second-order valence-electron chi connectivity index (χ2n) is 4.79. The second kappa shape index (κ2) is 7.46. The van der Waals surface area contributed by atoms with Gasteiger partial charge in [0.25, 0.3) is 0 Å².